The number of amides is 1. The molecule has 4 aromatic rings. The molecule has 0 bridgehead atoms. The van der Waals surface area contributed by atoms with E-state index in [9.17, 15) is 9.18 Å². The average Bonchev–Trinajstić information content (AvgIpc) is 3.07. The van der Waals surface area contributed by atoms with Crippen molar-refractivity contribution in [1.82, 2.24) is 4.98 Å². The SMILES string of the molecule is O=C(c1cccc(Cl)c1)N(c1ccc(F)cc1)c1nc2ccccc2s1. The molecule has 4 rings (SSSR count). The van der Waals surface area contributed by atoms with Crippen LogP contribution in [0, 0.1) is 5.82 Å². The van der Waals surface area contributed by atoms with Crippen LogP contribution in [0.2, 0.25) is 5.02 Å². The molecule has 0 atom stereocenters. The highest BCUT2D eigenvalue weighted by Gasteiger charge is 2.23. The topological polar surface area (TPSA) is 33.2 Å². The molecule has 0 aliphatic rings. The summed E-state index contributed by atoms with van der Waals surface area (Å²) in [6.45, 7) is 0. The van der Waals surface area contributed by atoms with Gasteiger partial charge in [-0.15, -0.1) is 0 Å². The molecule has 26 heavy (non-hydrogen) atoms. The normalized spacial score (nSPS) is 10.8. The number of thiazole rings is 1. The summed E-state index contributed by atoms with van der Waals surface area (Å²) in [6, 6.07) is 20.1. The van der Waals surface area contributed by atoms with E-state index in [2.05, 4.69) is 4.98 Å². The summed E-state index contributed by atoms with van der Waals surface area (Å²) < 4.78 is 14.3. The van der Waals surface area contributed by atoms with Gasteiger partial charge in [0.1, 0.15) is 5.82 Å². The minimum Gasteiger partial charge on any atom is -0.268 e. The second kappa shape index (κ2) is 6.86. The van der Waals surface area contributed by atoms with Gasteiger partial charge in [0.25, 0.3) is 5.91 Å². The molecule has 1 aromatic heterocycles. The summed E-state index contributed by atoms with van der Waals surface area (Å²) >= 11 is 7.44. The van der Waals surface area contributed by atoms with E-state index in [1.165, 1.54) is 28.4 Å². The zero-order chi connectivity index (χ0) is 18.1. The maximum absolute atomic E-state index is 13.4. The zero-order valence-electron chi connectivity index (χ0n) is 13.4. The summed E-state index contributed by atoms with van der Waals surface area (Å²) in [5, 5.41) is 0.988. The van der Waals surface area contributed by atoms with Crippen LogP contribution >= 0.6 is 22.9 Å². The maximum Gasteiger partial charge on any atom is 0.264 e. The Morgan fingerprint density at radius 1 is 1.00 bits per heavy atom. The lowest BCUT2D eigenvalue weighted by Crippen LogP contribution is -2.25. The highest BCUT2D eigenvalue weighted by Crippen LogP contribution is 2.34. The molecule has 3 nitrogen and oxygen atoms in total. The first-order chi connectivity index (χ1) is 12.6. The molecule has 6 heteroatoms. The van der Waals surface area contributed by atoms with E-state index >= 15 is 0 Å². The lowest BCUT2D eigenvalue weighted by Gasteiger charge is -2.20. The fourth-order valence-corrected chi connectivity index (χ4v) is 3.79. The number of hydrogen-bond acceptors (Lipinski definition) is 3. The first-order valence-corrected chi connectivity index (χ1v) is 9.02. The zero-order valence-corrected chi connectivity index (χ0v) is 15.0. The Kier molecular flexibility index (Phi) is 4.41. The van der Waals surface area contributed by atoms with E-state index in [0.717, 1.165) is 10.2 Å². The average molecular weight is 383 g/mol. The third-order valence-electron chi connectivity index (χ3n) is 3.83. The van der Waals surface area contributed by atoms with Crippen LogP contribution in [0.25, 0.3) is 10.2 Å². The van der Waals surface area contributed by atoms with Crippen molar-refractivity contribution in [2.45, 2.75) is 0 Å². The number of nitrogens with zero attached hydrogens (tertiary/aromatic N) is 2. The van der Waals surface area contributed by atoms with Gasteiger partial charge in [-0.3, -0.25) is 9.69 Å². The second-order valence-corrected chi connectivity index (χ2v) is 7.04. The van der Waals surface area contributed by atoms with Gasteiger partial charge in [-0.2, -0.15) is 0 Å². The van der Waals surface area contributed by atoms with E-state index in [4.69, 9.17) is 11.6 Å². The first-order valence-electron chi connectivity index (χ1n) is 7.83. The molecule has 0 fully saturated rings. The third kappa shape index (κ3) is 3.19. The highest BCUT2D eigenvalue weighted by atomic mass is 35.5. The molecule has 0 aliphatic carbocycles. The lowest BCUT2D eigenvalue weighted by atomic mass is 10.2. The van der Waals surface area contributed by atoms with E-state index in [1.807, 2.05) is 24.3 Å². The summed E-state index contributed by atoms with van der Waals surface area (Å²) in [5.74, 6) is -0.647. The van der Waals surface area contributed by atoms with E-state index in [1.54, 1.807) is 36.4 Å². The third-order valence-corrected chi connectivity index (χ3v) is 5.09. The van der Waals surface area contributed by atoms with Gasteiger partial charge in [0, 0.05) is 10.6 Å². The van der Waals surface area contributed by atoms with Crippen LogP contribution in [0.15, 0.2) is 72.8 Å². The quantitative estimate of drug-likeness (QED) is 0.431. The van der Waals surface area contributed by atoms with Crippen molar-refractivity contribution in [2.24, 2.45) is 0 Å². The van der Waals surface area contributed by atoms with Crippen LogP contribution in [-0.2, 0) is 0 Å². The van der Waals surface area contributed by atoms with Crippen LogP contribution in [0.3, 0.4) is 0 Å². The Bertz CT molecular complexity index is 1060. The van der Waals surface area contributed by atoms with Crippen LogP contribution in [0.4, 0.5) is 15.2 Å². The van der Waals surface area contributed by atoms with E-state index in [0.29, 0.717) is 21.4 Å². The molecule has 0 N–H and O–H groups in total. The molecular formula is C20H12ClFN2OS. The maximum atomic E-state index is 13.4. The Hall–Kier alpha value is -2.76. The number of carbonyl (C=O) groups excluding carboxylic acids is 1. The number of carbonyl (C=O) groups is 1. The second-order valence-electron chi connectivity index (χ2n) is 5.59. The number of anilines is 2. The monoisotopic (exact) mass is 382 g/mol. The summed E-state index contributed by atoms with van der Waals surface area (Å²) in [6.07, 6.45) is 0. The van der Waals surface area contributed by atoms with Gasteiger partial charge < -0.3 is 0 Å². The summed E-state index contributed by atoms with van der Waals surface area (Å²) in [7, 11) is 0. The number of para-hydroxylation sites is 1. The standard InChI is InChI=1S/C20H12ClFN2OS/c21-14-5-3-4-13(12-14)19(25)24(16-10-8-15(22)9-11-16)20-23-17-6-1-2-7-18(17)26-20/h1-12H. The predicted molar refractivity (Wildman–Crippen MR) is 104 cm³/mol. The number of benzene rings is 3. The van der Waals surface area contributed by atoms with Gasteiger partial charge in [0.2, 0.25) is 0 Å². The van der Waals surface area contributed by atoms with Crippen molar-refractivity contribution < 1.29 is 9.18 Å². The number of rotatable bonds is 3. The Labute approximate surface area is 158 Å². The number of aromatic nitrogens is 1. The molecule has 128 valence electrons. The van der Waals surface area contributed by atoms with Gasteiger partial charge in [-0.05, 0) is 54.6 Å². The van der Waals surface area contributed by atoms with Gasteiger partial charge in [-0.1, -0.05) is 41.1 Å². The molecule has 1 heterocycles. The molecule has 1 amide bonds. The van der Waals surface area contributed by atoms with Crippen LogP contribution < -0.4 is 4.90 Å². The minimum atomic E-state index is -0.367. The summed E-state index contributed by atoms with van der Waals surface area (Å²) in [4.78, 5) is 19.3. The largest absolute Gasteiger partial charge is 0.268 e. The van der Waals surface area contributed by atoms with Crippen LogP contribution in [0.1, 0.15) is 10.4 Å². The van der Waals surface area contributed by atoms with Crippen molar-refractivity contribution in [3.63, 3.8) is 0 Å². The molecule has 0 aliphatic heterocycles. The van der Waals surface area contributed by atoms with E-state index < -0.39 is 0 Å². The Morgan fingerprint density at radius 3 is 2.50 bits per heavy atom. The lowest BCUT2D eigenvalue weighted by molar-refractivity contribution is 0.0999. The van der Waals surface area contributed by atoms with Gasteiger partial charge >= 0.3 is 0 Å². The molecule has 3 aromatic carbocycles. The molecule has 0 saturated heterocycles. The number of halogens is 2. The van der Waals surface area contributed by atoms with Crippen molar-refractivity contribution in [1.29, 1.82) is 0 Å². The van der Waals surface area contributed by atoms with Crippen LogP contribution in [0.5, 0.6) is 0 Å². The highest BCUT2D eigenvalue weighted by molar-refractivity contribution is 7.22. The van der Waals surface area contributed by atoms with Gasteiger partial charge in [0.05, 0.1) is 15.9 Å². The molecule has 0 spiro atoms. The van der Waals surface area contributed by atoms with Crippen molar-refractivity contribution in [3.05, 3.63) is 89.2 Å². The Morgan fingerprint density at radius 2 is 1.77 bits per heavy atom. The van der Waals surface area contributed by atoms with Crippen molar-refractivity contribution in [3.8, 4) is 0 Å². The van der Waals surface area contributed by atoms with Crippen molar-refractivity contribution in [2.75, 3.05) is 4.90 Å². The van der Waals surface area contributed by atoms with E-state index in [-0.39, 0.29) is 11.7 Å². The van der Waals surface area contributed by atoms with Gasteiger partial charge in [-0.25, -0.2) is 9.37 Å². The smallest absolute Gasteiger partial charge is 0.264 e. The summed E-state index contributed by atoms with van der Waals surface area (Å²) in [5.41, 5.74) is 1.77. The molecule has 0 saturated carbocycles. The molecular weight excluding hydrogens is 371 g/mol. The molecule has 0 unspecified atom stereocenters. The Balaban J connectivity index is 1.86. The fraction of sp³-hybridized carbons (Fsp3) is 0. The molecule has 0 radical (unpaired) electrons. The predicted octanol–water partition coefficient (Wildman–Crippen LogP) is 6.07. The first kappa shape index (κ1) is 16.7. The number of hydrogen-bond donors (Lipinski definition) is 0. The van der Waals surface area contributed by atoms with Crippen molar-refractivity contribution >= 4 is 49.9 Å². The fourth-order valence-electron chi connectivity index (χ4n) is 2.61. The minimum absolute atomic E-state index is 0.279. The van der Waals surface area contributed by atoms with Crippen LogP contribution in [-0.4, -0.2) is 10.9 Å². The number of fused-ring (bicyclic) bond motifs is 1. The van der Waals surface area contributed by atoms with Gasteiger partial charge in [0.15, 0.2) is 5.13 Å².